The molecule has 2 aromatic heterocycles. The number of benzene rings is 1. The first kappa shape index (κ1) is 18.2. The third kappa shape index (κ3) is 2.89. The van der Waals surface area contributed by atoms with E-state index in [0.29, 0.717) is 33.3 Å². The van der Waals surface area contributed by atoms with Crippen LogP contribution in [0, 0.1) is 13.8 Å². The van der Waals surface area contributed by atoms with Crippen molar-refractivity contribution in [2.75, 3.05) is 0 Å². The van der Waals surface area contributed by atoms with Gasteiger partial charge in [0.15, 0.2) is 5.43 Å². The van der Waals surface area contributed by atoms with Crippen molar-refractivity contribution in [2.45, 2.75) is 39.3 Å². The molecule has 0 aliphatic rings. The third-order valence-electron chi connectivity index (χ3n) is 4.87. The lowest BCUT2D eigenvalue weighted by molar-refractivity contribution is -0.180. The van der Waals surface area contributed by atoms with Crippen LogP contribution < -0.4 is 5.43 Å². The number of nitrogens with one attached hydrogen (secondary N) is 1. The average molecular weight is 360 g/mol. The van der Waals surface area contributed by atoms with E-state index in [-0.39, 0.29) is 11.0 Å². The third-order valence-corrected chi connectivity index (χ3v) is 4.87. The number of rotatable bonds is 2. The number of fused-ring (bicyclic) bond motifs is 1. The molecule has 3 aromatic rings. The van der Waals surface area contributed by atoms with Crippen LogP contribution in [0.2, 0.25) is 0 Å². The van der Waals surface area contributed by atoms with Crippen LogP contribution in [-0.4, -0.2) is 16.1 Å². The largest absolute Gasteiger partial charge is 0.397 e. The minimum Gasteiger partial charge on any atom is -0.353 e. The maximum absolute atomic E-state index is 13.4. The number of aryl methyl sites for hydroxylation is 2. The van der Waals surface area contributed by atoms with Crippen molar-refractivity contribution in [3.8, 4) is 11.3 Å². The number of halogens is 3. The molecule has 0 saturated carbocycles. The van der Waals surface area contributed by atoms with Gasteiger partial charge in [0.05, 0.1) is 22.8 Å². The van der Waals surface area contributed by atoms with E-state index in [9.17, 15) is 18.0 Å². The first-order valence-corrected chi connectivity index (χ1v) is 8.18. The summed E-state index contributed by atoms with van der Waals surface area (Å²) >= 11 is 0. The summed E-state index contributed by atoms with van der Waals surface area (Å²) in [6, 6.07) is 6.36. The molecule has 136 valence electrons. The van der Waals surface area contributed by atoms with Crippen molar-refractivity contribution in [1.29, 1.82) is 0 Å². The highest BCUT2D eigenvalue weighted by Crippen LogP contribution is 2.43. The van der Waals surface area contributed by atoms with Crippen LogP contribution in [0.25, 0.3) is 22.2 Å². The molecule has 3 rings (SSSR count). The maximum atomic E-state index is 13.4. The maximum Gasteiger partial charge on any atom is 0.397 e. The summed E-state index contributed by atoms with van der Waals surface area (Å²) in [7, 11) is 0. The molecule has 6 heteroatoms. The topological polar surface area (TPSA) is 45.8 Å². The Labute approximate surface area is 148 Å². The Morgan fingerprint density at radius 2 is 1.73 bits per heavy atom. The van der Waals surface area contributed by atoms with E-state index in [1.54, 1.807) is 44.4 Å². The van der Waals surface area contributed by atoms with Gasteiger partial charge in [0.1, 0.15) is 0 Å². The summed E-state index contributed by atoms with van der Waals surface area (Å²) in [6.07, 6.45) is -1.25. The Kier molecular flexibility index (Phi) is 4.17. The van der Waals surface area contributed by atoms with Crippen molar-refractivity contribution in [3.05, 3.63) is 63.6 Å². The van der Waals surface area contributed by atoms with E-state index in [2.05, 4.69) is 9.97 Å². The molecule has 0 fully saturated rings. The van der Waals surface area contributed by atoms with Crippen molar-refractivity contribution >= 4 is 10.9 Å². The van der Waals surface area contributed by atoms with Crippen LogP contribution in [0.4, 0.5) is 13.2 Å². The van der Waals surface area contributed by atoms with Gasteiger partial charge in [-0.1, -0.05) is 6.07 Å². The van der Waals surface area contributed by atoms with Crippen LogP contribution >= 0.6 is 0 Å². The number of aromatic amines is 1. The molecule has 1 aromatic carbocycles. The van der Waals surface area contributed by atoms with Gasteiger partial charge in [-0.25, -0.2) is 0 Å². The van der Waals surface area contributed by atoms with E-state index in [1.807, 2.05) is 0 Å². The highest BCUT2D eigenvalue weighted by atomic mass is 19.4. The molecule has 2 heterocycles. The molecule has 0 aliphatic heterocycles. The van der Waals surface area contributed by atoms with Gasteiger partial charge in [0, 0.05) is 23.2 Å². The molecule has 0 amide bonds. The van der Waals surface area contributed by atoms with Gasteiger partial charge in [-0.3, -0.25) is 9.78 Å². The number of nitrogens with zero attached hydrogens (tertiary/aromatic N) is 1. The molecule has 0 unspecified atom stereocenters. The molecular formula is C20H19F3N2O. The second-order valence-electron chi connectivity index (χ2n) is 7.07. The lowest BCUT2D eigenvalue weighted by Gasteiger charge is -2.30. The van der Waals surface area contributed by atoms with E-state index < -0.39 is 11.6 Å². The average Bonchev–Trinajstić information content (AvgIpc) is 2.55. The van der Waals surface area contributed by atoms with Gasteiger partial charge in [-0.15, -0.1) is 0 Å². The zero-order valence-electron chi connectivity index (χ0n) is 15.0. The van der Waals surface area contributed by atoms with E-state index in [0.717, 1.165) is 0 Å². The fraction of sp³-hybridized carbons (Fsp3) is 0.300. The number of H-pyrrole nitrogens is 1. The number of hydrogen-bond acceptors (Lipinski definition) is 2. The minimum atomic E-state index is -4.35. The van der Waals surface area contributed by atoms with E-state index >= 15 is 0 Å². The summed E-state index contributed by atoms with van der Waals surface area (Å²) in [5.74, 6) is 0. The highest BCUT2D eigenvalue weighted by molar-refractivity contribution is 5.81. The molecule has 0 spiro atoms. The minimum absolute atomic E-state index is 0.159. The molecule has 1 N–H and O–H groups in total. The standard InChI is InChI=1S/C20H19F3N2O/c1-11-8-15(19(3,4)20(21,22)23)12(2)7-14(11)16-9-18(26)13-5-6-24-10-17(13)25-16/h5-10H,1-4H3,(H,25,26). The predicted octanol–water partition coefficient (Wildman–Crippen LogP) is 5.05. The second-order valence-corrected chi connectivity index (χ2v) is 7.07. The van der Waals surface area contributed by atoms with Gasteiger partial charge >= 0.3 is 6.18 Å². The Bertz CT molecular complexity index is 1050. The Morgan fingerprint density at radius 1 is 1.04 bits per heavy atom. The Balaban J connectivity index is 2.20. The predicted molar refractivity (Wildman–Crippen MR) is 96.4 cm³/mol. The number of pyridine rings is 2. The van der Waals surface area contributed by atoms with Gasteiger partial charge in [-0.2, -0.15) is 13.2 Å². The first-order valence-electron chi connectivity index (χ1n) is 8.18. The first-order chi connectivity index (χ1) is 12.0. The van der Waals surface area contributed by atoms with E-state index in [4.69, 9.17) is 0 Å². The summed E-state index contributed by atoms with van der Waals surface area (Å²) in [5, 5.41) is 0.521. The summed E-state index contributed by atoms with van der Waals surface area (Å²) in [4.78, 5) is 19.5. The zero-order chi connectivity index (χ0) is 19.3. The van der Waals surface area contributed by atoms with Crippen LogP contribution in [0.1, 0.15) is 30.5 Å². The number of aromatic nitrogens is 2. The fourth-order valence-electron chi connectivity index (χ4n) is 3.18. The molecule has 0 aliphatic carbocycles. The van der Waals surface area contributed by atoms with Crippen molar-refractivity contribution < 1.29 is 13.2 Å². The Hall–Kier alpha value is -2.63. The quantitative estimate of drug-likeness (QED) is 0.695. The molecule has 3 nitrogen and oxygen atoms in total. The van der Waals surface area contributed by atoms with Crippen LogP contribution in [0.15, 0.2) is 41.5 Å². The lowest BCUT2D eigenvalue weighted by Crippen LogP contribution is -2.37. The lowest BCUT2D eigenvalue weighted by atomic mass is 9.79. The second kappa shape index (κ2) is 5.97. The van der Waals surface area contributed by atoms with Gasteiger partial charge in [0.2, 0.25) is 0 Å². The molecule has 0 bridgehead atoms. The number of hydrogen-bond donors (Lipinski definition) is 1. The van der Waals surface area contributed by atoms with Gasteiger partial charge < -0.3 is 4.98 Å². The SMILES string of the molecule is Cc1cc(C(C)(C)C(F)(F)F)c(C)cc1-c1cc(=O)c2ccncc2[nH]1. The Morgan fingerprint density at radius 3 is 2.38 bits per heavy atom. The van der Waals surface area contributed by atoms with Crippen LogP contribution in [0.5, 0.6) is 0 Å². The fourth-order valence-corrected chi connectivity index (χ4v) is 3.18. The zero-order valence-corrected chi connectivity index (χ0v) is 15.0. The molecule has 0 saturated heterocycles. The summed E-state index contributed by atoms with van der Waals surface area (Å²) in [6.45, 7) is 5.76. The highest BCUT2D eigenvalue weighted by Gasteiger charge is 2.49. The number of alkyl halides is 3. The molecule has 26 heavy (non-hydrogen) atoms. The smallest absolute Gasteiger partial charge is 0.353 e. The normalized spacial score (nSPS) is 12.6. The van der Waals surface area contributed by atoms with Crippen molar-refractivity contribution in [3.63, 3.8) is 0 Å². The monoisotopic (exact) mass is 360 g/mol. The van der Waals surface area contributed by atoms with Gasteiger partial charge in [-0.05, 0) is 56.5 Å². The van der Waals surface area contributed by atoms with Crippen LogP contribution in [0.3, 0.4) is 0 Å². The summed E-state index contributed by atoms with van der Waals surface area (Å²) < 4.78 is 40.3. The molecule has 0 atom stereocenters. The van der Waals surface area contributed by atoms with E-state index in [1.165, 1.54) is 19.9 Å². The van der Waals surface area contributed by atoms with Crippen molar-refractivity contribution in [2.24, 2.45) is 0 Å². The molecule has 0 radical (unpaired) electrons. The van der Waals surface area contributed by atoms with Gasteiger partial charge in [0.25, 0.3) is 0 Å². The van der Waals surface area contributed by atoms with Crippen LogP contribution in [-0.2, 0) is 5.41 Å². The molecular weight excluding hydrogens is 341 g/mol. The summed E-state index contributed by atoms with van der Waals surface area (Å²) in [5.41, 5.74) is 1.17. The van der Waals surface area contributed by atoms with Crippen molar-refractivity contribution in [1.82, 2.24) is 9.97 Å².